The summed E-state index contributed by atoms with van der Waals surface area (Å²) in [6, 6.07) is 26.2. The number of unbranched alkanes of at least 4 members (excludes halogenated alkanes) is 2. The van der Waals surface area contributed by atoms with Crippen LogP contribution < -0.4 is 0 Å². The van der Waals surface area contributed by atoms with Crippen molar-refractivity contribution in [3.63, 3.8) is 0 Å². The maximum absolute atomic E-state index is 5.54. The van der Waals surface area contributed by atoms with Crippen LogP contribution in [0.1, 0.15) is 64.5 Å². The molecular weight excluding hydrogens is 510 g/mol. The summed E-state index contributed by atoms with van der Waals surface area (Å²) in [5, 5.41) is 5.65. The van der Waals surface area contributed by atoms with E-state index in [9.17, 15) is 0 Å². The van der Waals surface area contributed by atoms with Gasteiger partial charge < -0.3 is 0 Å². The van der Waals surface area contributed by atoms with Crippen molar-refractivity contribution in [3.8, 4) is 0 Å². The Balaban J connectivity index is 0.000000183. The molecule has 0 spiro atoms. The molecule has 0 atom stereocenters. The van der Waals surface area contributed by atoms with Crippen molar-refractivity contribution in [1.29, 1.82) is 0 Å². The molecule has 0 saturated heterocycles. The first-order valence-corrected chi connectivity index (χ1v) is 19.3. The molecule has 0 N–H and O–H groups in total. The monoisotopic (exact) mass is 544 g/mol. The number of rotatable bonds is 6. The Morgan fingerprint density at radius 1 is 0.719 bits per heavy atom. The number of hydrogen-bond acceptors (Lipinski definition) is 0. The van der Waals surface area contributed by atoms with Gasteiger partial charge in [-0.25, -0.2) is 0 Å². The molecule has 172 valence electrons. The summed E-state index contributed by atoms with van der Waals surface area (Å²) in [6.07, 6.45) is 7.61. The molecule has 0 heterocycles. The summed E-state index contributed by atoms with van der Waals surface area (Å²) in [4.78, 5) is 0. The molecule has 0 aliphatic carbocycles. The van der Waals surface area contributed by atoms with Crippen molar-refractivity contribution in [2.45, 2.75) is 66.2 Å². The summed E-state index contributed by atoms with van der Waals surface area (Å²) < 4.78 is 1.24. The van der Waals surface area contributed by atoms with Gasteiger partial charge in [0.25, 0.3) is 0 Å². The average Bonchev–Trinajstić information content (AvgIpc) is 3.41. The third-order valence-corrected chi connectivity index (χ3v) is 11.8. The molecule has 0 fully saturated rings. The van der Waals surface area contributed by atoms with Crippen LogP contribution in [0.3, 0.4) is 0 Å². The van der Waals surface area contributed by atoms with Crippen molar-refractivity contribution in [1.82, 2.24) is 0 Å². The minimum absolute atomic E-state index is 1.23. The zero-order valence-corrected chi connectivity index (χ0v) is 23.9. The van der Waals surface area contributed by atoms with Crippen molar-refractivity contribution < 1.29 is 18.9 Å². The van der Waals surface area contributed by atoms with Gasteiger partial charge in [-0.15, -0.1) is 82.2 Å². The van der Waals surface area contributed by atoms with E-state index in [2.05, 4.69) is 86.6 Å². The predicted molar refractivity (Wildman–Crippen MR) is 144 cm³/mol. The van der Waals surface area contributed by atoms with E-state index in [-0.39, 0.29) is 0 Å². The van der Waals surface area contributed by atoms with E-state index in [0.29, 0.717) is 0 Å². The SMILES string of the molecule is CCCCc1c[cH-]c2ccccc12.CCCCc1c[cH-]c2ccccc12.C[C](C)=[Zr]([Cl])[Cl]. The molecule has 0 amide bonds. The Morgan fingerprint density at radius 2 is 1.09 bits per heavy atom. The van der Waals surface area contributed by atoms with Crippen LogP contribution >= 0.6 is 17.0 Å². The number of aryl methyl sites for hydroxylation is 2. The van der Waals surface area contributed by atoms with E-state index >= 15 is 0 Å². The Kier molecular flexibility index (Phi) is 12.8. The van der Waals surface area contributed by atoms with Crippen LogP contribution in [-0.2, 0) is 31.7 Å². The number of benzene rings is 2. The van der Waals surface area contributed by atoms with Crippen LogP contribution in [0.2, 0.25) is 0 Å². The average molecular weight is 547 g/mol. The number of halogens is 2. The summed E-state index contributed by atoms with van der Waals surface area (Å²) in [6.45, 7) is 8.44. The molecule has 0 aliphatic rings. The predicted octanol–water partition coefficient (Wildman–Crippen LogP) is 9.93. The van der Waals surface area contributed by atoms with E-state index in [4.69, 9.17) is 17.0 Å². The van der Waals surface area contributed by atoms with Gasteiger partial charge in [-0.05, 0) is 0 Å². The van der Waals surface area contributed by atoms with E-state index < -0.39 is 18.9 Å². The zero-order chi connectivity index (χ0) is 23.3. The molecule has 4 rings (SSSR count). The summed E-state index contributed by atoms with van der Waals surface area (Å²) in [7, 11) is 11.1. The second kappa shape index (κ2) is 15.0. The molecule has 3 heteroatoms. The standard InChI is InChI=1S/2C13H15.C3H6.2ClH.Zr/c2*1-2-3-6-11-9-10-12-7-4-5-8-13(11)12;1-3-2;;;/h2*4-5,7-10H,2-3,6H2,1H3;1-2H3;2*1H;/q2*-1;;;;+2/p-2. The zero-order valence-electron chi connectivity index (χ0n) is 19.9. The van der Waals surface area contributed by atoms with Gasteiger partial charge in [-0.2, -0.15) is 11.1 Å². The number of hydrogen-bond donors (Lipinski definition) is 0. The van der Waals surface area contributed by atoms with Crippen LogP contribution in [0.25, 0.3) is 21.5 Å². The molecule has 0 nitrogen and oxygen atoms in total. The third kappa shape index (κ3) is 8.74. The second-order valence-corrected chi connectivity index (χ2v) is 17.7. The number of fused-ring (bicyclic) bond motifs is 2. The van der Waals surface area contributed by atoms with Gasteiger partial charge in [0.15, 0.2) is 0 Å². The molecule has 32 heavy (non-hydrogen) atoms. The molecule has 4 aromatic carbocycles. The Labute approximate surface area is 209 Å². The Hall–Kier alpha value is -1.01. The van der Waals surface area contributed by atoms with Crippen molar-refractivity contribution in [2.24, 2.45) is 0 Å². The first-order chi connectivity index (χ1) is 15.5. The summed E-state index contributed by atoms with van der Waals surface area (Å²) in [5.74, 6) is 0. The molecule has 0 unspecified atom stereocenters. The van der Waals surface area contributed by atoms with E-state index in [1.165, 1.54) is 74.4 Å². The summed E-state index contributed by atoms with van der Waals surface area (Å²) >= 11 is -1.84. The van der Waals surface area contributed by atoms with Crippen LogP contribution in [0.4, 0.5) is 0 Å². The van der Waals surface area contributed by atoms with Crippen LogP contribution in [0, 0.1) is 0 Å². The fourth-order valence-electron chi connectivity index (χ4n) is 3.60. The minimum atomic E-state index is -1.84. The van der Waals surface area contributed by atoms with Crippen LogP contribution in [0.5, 0.6) is 0 Å². The quantitative estimate of drug-likeness (QED) is 0.211. The topological polar surface area (TPSA) is 0 Å². The molecule has 4 aromatic rings. The molecule has 0 aromatic heterocycles. The van der Waals surface area contributed by atoms with Gasteiger partial charge >= 0.3 is 53.0 Å². The first-order valence-electron chi connectivity index (χ1n) is 11.7. The van der Waals surface area contributed by atoms with Crippen LogP contribution in [-0.4, -0.2) is 3.21 Å². The molecule has 0 aliphatic heterocycles. The van der Waals surface area contributed by atoms with Gasteiger partial charge in [0, 0.05) is 0 Å². The molecule has 0 radical (unpaired) electrons. The van der Waals surface area contributed by atoms with Gasteiger partial charge in [0.2, 0.25) is 0 Å². The molecular formula is C29H36Cl2Zr-2. The van der Waals surface area contributed by atoms with E-state index in [1.54, 1.807) is 0 Å². The van der Waals surface area contributed by atoms with E-state index in [0.717, 1.165) is 0 Å². The van der Waals surface area contributed by atoms with Crippen molar-refractivity contribution in [3.05, 3.63) is 83.9 Å². The molecule has 0 bridgehead atoms. The Bertz CT molecular complexity index is 1000. The van der Waals surface area contributed by atoms with Gasteiger partial charge in [-0.1, -0.05) is 64.5 Å². The van der Waals surface area contributed by atoms with Crippen molar-refractivity contribution >= 4 is 41.8 Å². The van der Waals surface area contributed by atoms with Gasteiger partial charge in [0.1, 0.15) is 0 Å². The van der Waals surface area contributed by atoms with E-state index in [1.807, 2.05) is 13.8 Å². The van der Waals surface area contributed by atoms with Gasteiger partial charge in [0.05, 0.1) is 0 Å². The summed E-state index contributed by atoms with van der Waals surface area (Å²) in [5.41, 5.74) is 3.02. The third-order valence-electron chi connectivity index (χ3n) is 5.52. The second-order valence-electron chi connectivity index (χ2n) is 8.36. The van der Waals surface area contributed by atoms with Gasteiger partial charge in [-0.3, -0.25) is 0 Å². The maximum atomic E-state index is 5.54. The Morgan fingerprint density at radius 3 is 1.44 bits per heavy atom. The normalized spacial score (nSPS) is 10.3. The van der Waals surface area contributed by atoms with Crippen molar-refractivity contribution in [2.75, 3.05) is 0 Å². The first kappa shape index (κ1) is 27.2. The van der Waals surface area contributed by atoms with Crippen LogP contribution in [0.15, 0.2) is 72.8 Å². The fourth-order valence-corrected chi connectivity index (χ4v) is 3.60. The fraction of sp³-hybridized carbons (Fsp3) is 0.345. The molecule has 0 saturated carbocycles.